The average Bonchev–Trinajstić information content (AvgIpc) is 2.84. The standard InChI is InChI=1S/C7F5O.3C6H5.Sn/c8-3-2(1-13)4(9)6(11)7(12)5(3)10;3*1-2-4-6-5-3-1;/h;3*1-5H;. The zero-order valence-corrected chi connectivity index (χ0v) is 19.3. The third-order valence-electron chi connectivity index (χ3n) is 5.40. The molecule has 1 nitrogen and oxygen atoms in total. The maximum absolute atomic E-state index is 14.8. The molecule has 0 aliphatic heterocycles. The van der Waals surface area contributed by atoms with Gasteiger partial charge < -0.3 is 0 Å². The van der Waals surface area contributed by atoms with Crippen molar-refractivity contribution in [2.24, 2.45) is 0 Å². The van der Waals surface area contributed by atoms with Crippen LogP contribution in [0.3, 0.4) is 0 Å². The Morgan fingerprint density at radius 3 is 1.06 bits per heavy atom. The van der Waals surface area contributed by atoms with Gasteiger partial charge in [0.05, 0.1) is 0 Å². The van der Waals surface area contributed by atoms with Crippen molar-refractivity contribution in [1.82, 2.24) is 0 Å². The van der Waals surface area contributed by atoms with Gasteiger partial charge >= 0.3 is 185 Å². The Labute approximate surface area is 185 Å². The summed E-state index contributed by atoms with van der Waals surface area (Å²) in [6, 6.07) is 25.2. The van der Waals surface area contributed by atoms with Gasteiger partial charge in [-0.2, -0.15) is 0 Å². The van der Waals surface area contributed by atoms with E-state index in [1.54, 1.807) is 91.0 Å². The zero-order valence-electron chi connectivity index (χ0n) is 16.5. The molecule has 32 heavy (non-hydrogen) atoms. The van der Waals surface area contributed by atoms with Gasteiger partial charge in [0.1, 0.15) is 0 Å². The van der Waals surface area contributed by atoms with Crippen LogP contribution in [0.2, 0.25) is 0 Å². The monoisotopic (exact) mass is 546 g/mol. The van der Waals surface area contributed by atoms with Gasteiger partial charge in [-0.15, -0.1) is 0 Å². The van der Waals surface area contributed by atoms with Crippen molar-refractivity contribution in [1.29, 1.82) is 0 Å². The Balaban J connectivity index is 2.16. The molecule has 4 rings (SSSR count). The third kappa shape index (κ3) is 3.42. The van der Waals surface area contributed by atoms with Gasteiger partial charge in [0, 0.05) is 0 Å². The first-order valence-corrected chi connectivity index (χ1v) is 15.3. The molecule has 7 heteroatoms. The van der Waals surface area contributed by atoms with E-state index >= 15 is 0 Å². The number of hydrogen-bond acceptors (Lipinski definition) is 1. The van der Waals surface area contributed by atoms with Gasteiger partial charge in [-0.1, -0.05) is 0 Å². The summed E-state index contributed by atoms with van der Waals surface area (Å²) in [6.07, 6.45) is 0. The second-order valence-electron chi connectivity index (χ2n) is 7.12. The summed E-state index contributed by atoms with van der Waals surface area (Å²) in [5.74, 6) is -10.8. The fraction of sp³-hybridized carbons (Fsp3) is 0. The molecule has 0 aliphatic rings. The van der Waals surface area contributed by atoms with E-state index in [1.807, 2.05) is 0 Å². The molecule has 4 aromatic rings. The fourth-order valence-corrected chi connectivity index (χ4v) is 16.7. The predicted octanol–water partition coefficient (Wildman–Crippen LogP) is 4.27. The second kappa shape index (κ2) is 8.86. The predicted molar refractivity (Wildman–Crippen MR) is 115 cm³/mol. The first-order valence-electron chi connectivity index (χ1n) is 9.63. The number of rotatable bonds is 5. The van der Waals surface area contributed by atoms with E-state index in [4.69, 9.17) is 0 Å². The molecule has 0 saturated carbocycles. The molecule has 0 aromatic heterocycles. The van der Waals surface area contributed by atoms with Crippen molar-refractivity contribution in [2.45, 2.75) is 0 Å². The van der Waals surface area contributed by atoms with Crippen LogP contribution in [0, 0.1) is 29.1 Å². The Morgan fingerprint density at radius 2 is 0.750 bits per heavy atom. The number of carbonyl (C=O) groups is 1. The second-order valence-corrected chi connectivity index (χ2v) is 17.6. The zero-order chi connectivity index (χ0) is 22.9. The summed E-state index contributed by atoms with van der Waals surface area (Å²) in [5, 5.41) is 0. The average molecular weight is 545 g/mol. The van der Waals surface area contributed by atoms with Gasteiger partial charge in [0.15, 0.2) is 0 Å². The van der Waals surface area contributed by atoms with Crippen molar-refractivity contribution in [3.05, 3.63) is 126 Å². The van der Waals surface area contributed by atoms with Gasteiger partial charge in [-0.05, 0) is 0 Å². The van der Waals surface area contributed by atoms with E-state index in [0.29, 0.717) is 10.7 Å². The number of benzene rings is 4. The minimum absolute atomic E-state index is 0.521. The summed E-state index contributed by atoms with van der Waals surface area (Å²) < 4.78 is 72.0. The molecule has 0 amide bonds. The molecule has 0 atom stereocenters. The quantitative estimate of drug-likeness (QED) is 0.159. The van der Waals surface area contributed by atoms with Crippen molar-refractivity contribution in [3.8, 4) is 0 Å². The topological polar surface area (TPSA) is 17.1 Å². The van der Waals surface area contributed by atoms with E-state index in [-0.39, 0.29) is 0 Å². The van der Waals surface area contributed by atoms with E-state index in [2.05, 4.69) is 0 Å². The van der Waals surface area contributed by atoms with Crippen molar-refractivity contribution < 1.29 is 26.7 Å². The number of carbonyl (C=O) groups excluding carboxylic acids is 1. The Morgan fingerprint density at radius 1 is 0.469 bits per heavy atom. The maximum atomic E-state index is 14.8. The van der Waals surface area contributed by atoms with E-state index < -0.39 is 56.8 Å². The first kappa shape index (κ1) is 22.2. The molecule has 160 valence electrons. The van der Waals surface area contributed by atoms with Crippen LogP contribution in [-0.2, 0) is 0 Å². The molecule has 0 aliphatic carbocycles. The summed E-state index contributed by atoms with van der Waals surface area (Å²) in [7, 11) is 0. The normalized spacial score (nSPS) is 11.4. The van der Waals surface area contributed by atoms with Gasteiger partial charge in [0.25, 0.3) is 0 Å². The summed E-state index contributed by atoms with van der Waals surface area (Å²) in [4.78, 5) is 14.1. The van der Waals surface area contributed by atoms with E-state index in [1.165, 1.54) is 0 Å². The molecule has 0 radical (unpaired) electrons. The molecule has 0 heterocycles. The molecule has 0 fully saturated rings. The van der Waals surface area contributed by atoms with Crippen molar-refractivity contribution in [3.63, 3.8) is 0 Å². The molecular formula is C25H15F5OSn. The Kier molecular flexibility index (Phi) is 6.15. The van der Waals surface area contributed by atoms with Crippen LogP contribution >= 0.6 is 0 Å². The van der Waals surface area contributed by atoms with Crippen LogP contribution in [0.4, 0.5) is 22.0 Å². The molecular weight excluding hydrogens is 530 g/mol. The molecule has 0 spiro atoms. The van der Waals surface area contributed by atoms with Gasteiger partial charge in [-0.25, -0.2) is 0 Å². The van der Waals surface area contributed by atoms with Crippen molar-refractivity contribution in [2.75, 3.05) is 0 Å². The summed E-state index contributed by atoms with van der Waals surface area (Å²) in [6.45, 7) is 0. The first-order chi connectivity index (χ1) is 15.4. The van der Waals surface area contributed by atoms with Gasteiger partial charge in [-0.3, -0.25) is 0 Å². The molecule has 0 bridgehead atoms. The van der Waals surface area contributed by atoms with E-state index in [9.17, 15) is 26.7 Å². The van der Waals surface area contributed by atoms with Crippen molar-refractivity contribution >= 4 is 32.9 Å². The molecule has 0 saturated heterocycles. The van der Waals surface area contributed by atoms with Crippen LogP contribution in [-0.4, -0.2) is 22.2 Å². The molecule has 0 N–H and O–H groups in total. The Hall–Kier alpha value is -3.00. The van der Waals surface area contributed by atoms with Gasteiger partial charge in [0.2, 0.25) is 0 Å². The van der Waals surface area contributed by atoms with E-state index in [0.717, 1.165) is 0 Å². The minimum atomic E-state index is -5.04. The van der Waals surface area contributed by atoms with Crippen LogP contribution in [0.5, 0.6) is 0 Å². The van der Waals surface area contributed by atoms with Crippen LogP contribution in [0.15, 0.2) is 91.0 Å². The van der Waals surface area contributed by atoms with Crippen LogP contribution in [0.25, 0.3) is 0 Å². The summed E-state index contributed by atoms with van der Waals surface area (Å²) >= 11 is -5.04. The Bertz CT molecular complexity index is 1150. The summed E-state index contributed by atoms with van der Waals surface area (Å²) in [5.41, 5.74) is -1.39. The SMILES string of the molecule is O=[C](c1c(F)c(F)c(F)c(F)c1F)[Sn]([c]1ccccc1)([c]1ccccc1)[c]1ccccc1. The van der Waals surface area contributed by atoms with Crippen LogP contribution < -0.4 is 10.7 Å². The third-order valence-corrected chi connectivity index (χ3v) is 18.3. The molecule has 0 unspecified atom stereocenters. The number of hydrogen-bond donors (Lipinski definition) is 0. The van der Waals surface area contributed by atoms with Crippen LogP contribution in [0.1, 0.15) is 10.4 Å². The fourth-order valence-electron chi connectivity index (χ4n) is 3.95. The molecule has 4 aromatic carbocycles. The number of halogens is 5.